The van der Waals surface area contributed by atoms with Crippen LogP contribution in [0.4, 0.5) is 0 Å². The Morgan fingerprint density at radius 2 is 1.81 bits per heavy atom. The molecule has 0 aliphatic carbocycles. The summed E-state index contributed by atoms with van der Waals surface area (Å²) in [4.78, 5) is 11.6. The van der Waals surface area contributed by atoms with E-state index in [4.69, 9.17) is 18.9 Å². The lowest BCUT2D eigenvalue weighted by Gasteiger charge is -2.42. The van der Waals surface area contributed by atoms with Gasteiger partial charge >= 0.3 is 5.97 Å². The van der Waals surface area contributed by atoms with Crippen molar-refractivity contribution in [2.45, 2.75) is 33.0 Å². The number of phenols is 1. The number of benzene rings is 2. The second-order valence-corrected chi connectivity index (χ2v) is 8.30. The third kappa shape index (κ3) is 5.87. The maximum absolute atomic E-state index is 11.6. The lowest BCUT2D eigenvalue weighted by Crippen LogP contribution is -2.52. The van der Waals surface area contributed by atoms with Gasteiger partial charge in [0.15, 0.2) is 5.79 Å². The minimum absolute atomic E-state index is 0.111. The van der Waals surface area contributed by atoms with Gasteiger partial charge in [-0.05, 0) is 61.2 Å². The molecule has 0 aromatic heterocycles. The predicted octanol–water partition coefficient (Wildman–Crippen LogP) is 4.50. The van der Waals surface area contributed by atoms with E-state index in [9.17, 15) is 9.90 Å². The Kier molecular flexibility index (Phi) is 7.03. The fourth-order valence-electron chi connectivity index (χ4n) is 3.34. The normalized spacial score (nSPS) is 17.0. The van der Waals surface area contributed by atoms with Crippen molar-refractivity contribution in [1.82, 2.24) is 0 Å². The zero-order chi connectivity index (χ0) is 22.5. The molecule has 1 heterocycles. The highest BCUT2D eigenvalue weighted by atomic mass is 16.7. The molecule has 0 unspecified atom stereocenters. The number of carbonyl (C=O) groups excluding carboxylic acids is 1. The van der Waals surface area contributed by atoms with Gasteiger partial charge in [0.1, 0.15) is 24.7 Å². The third-order valence-electron chi connectivity index (χ3n) is 5.32. The Bertz CT molecular complexity index is 906. The Hall–Kier alpha value is -2.83. The van der Waals surface area contributed by atoms with Gasteiger partial charge in [-0.3, -0.25) is 0 Å². The van der Waals surface area contributed by atoms with Crippen LogP contribution in [0.5, 0.6) is 11.5 Å². The number of aromatic hydroxyl groups is 1. The van der Waals surface area contributed by atoms with E-state index < -0.39 is 17.2 Å². The first-order valence-corrected chi connectivity index (χ1v) is 10.4. The quantitative estimate of drug-likeness (QED) is 0.495. The molecule has 0 atom stereocenters. The maximum atomic E-state index is 11.6. The minimum Gasteiger partial charge on any atom is -0.508 e. The second-order valence-electron chi connectivity index (χ2n) is 8.30. The topological polar surface area (TPSA) is 74.2 Å². The van der Waals surface area contributed by atoms with Crippen molar-refractivity contribution in [3.8, 4) is 22.6 Å². The fraction of sp³-hybridized carbons (Fsp3) is 0.400. The van der Waals surface area contributed by atoms with E-state index >= 15 is 0 Å². The number of esters is 1. The lowest BCUT2D eigenvalue weighted by atomic mass is 9.90. The van der Waals surface area contributed by atoms with Gasteiger partial charge in [-0.15, -0.1) is 0 Å². The molecule has 6 nitrogen and oxygen atoms in total. The van der Waals surface area contributed by atoms with Gasteiger partial charge in [0, 0.05) is 6.08 Å². The van der Waals surface area contributed by atoms with Crippen molar-refractivity contribution in [2.75, 3.05) is 26.4 Å². The van der Waals surface area contributed by atoms with Crippen LogP contribution in [-0.4, -0.2) is 43.3 Å². The van der Waals surface area contributed by atoms with Crippen LogP contribution in [0.2, 0.25) is 0 Å². The first kappa shape index (κ1) is 22.8. The van der Waals surface area contributed by atoms with Crippen LogP contribution in [0.15, 0.2) is 55.1 Å². The van der Waals surface area contributed by atoms with E-state index in [1.165, 1.54) is 0 Å². The number of ether oxygens (including phenoxy) is 4. The highest BCUT2D eigenvalue weighted by Crippen LogP contribution is 2.33. The molecule has 1 fully saturated rings. The first-order valence-electron chi connectivity index (χ1n) is 10.4. The van der Waals surface area contributed by atoms with Crippen molar-refractivity contribution in [3.63, 3.8) is 0 Å². The van der Waals surface area contributed by atoms with Crippen molar-refractivity contribution in [1.29, 1.82) is 0 Å². The van der Waals surface area contributed by atoms with E-state index in [1.807, 2.05) is 44.2 Å². The van der Waals surface area contributed by atoms with Crippen LogP contribution in [0.25, 0.3) is 11.1 Å². The summed E-state index contributed by atoms with van der Waals surface area (Å²) in [6, 6.07) is 13.1. The molecular weight excluding hydrogens is 396 g/mol. The molecule has 0 radical (unpaired) electrons. The monoisotopic (exact) mass is 426 g/mol. The van der Waals surface area contributed by atoms with Gasteiger partial charge in [-0.1, -0.05) is 31.7 Å². The van der Waals surface area contributed by atoms with Crippen molar-refractivity contribution >= 4 is 5.97 Å². The molecule has 2 aromatic carbocycles. The van der Waals surface area contributed by atoms with Crippen LogP contribution in [-0.2, 0) is 25.4 Å². The molecule has 2 aromatic rings. The van der Waals surface area contributed by atoms with Crippen LogP contribution in [0.1, 0.15) is 26.3 Å². The molecule has 1 aliphatic heterocycles. The standard InChI is InChI=1S/C25H30O6/c1-5-18-13-21(11-12-22(18)19-7-9-20(26)10-8-19)28-14-25(15-29-23(27)6-2)16-30-24(3,4)31-17-25/h6-13,26H,2,5,14-17H2,1,3-4H3. The number of aryl methyl sites for hydroxylation is 1. The van der Waals surface area contributed by atoms with Gasteiger partial charge in [-0.25, -0.2) is 4.79 Å². The van der Waals surface area contributed by atoms with Gasteiger partial charge in [0.05, 0.1) is 18.6 Å². The van der Waals surface area contributed by atoms with Crippen LogP contribution < -0.4 is 4.74 Å². The number of carbonyl (C=O) groups is 1. The summed E-state index contributed by atoms with van der Waals surface area (Å²) in [7, 11) is 0. The predicted molar refractivity (Wildman–Crippen MR) is 118 cm³/mol. The van der Waals surface area contributed by atoms with E-state index in [2.05, 4.69) is 13.5 Å². The lowest BCUT2D eigenvalue weighted by molar-refractivity contribution is -0.294. The average molecular weight is 427 g/mol. The van der Waals surface area contributed by atoms with Gasteiger partial charge in [-0.2, -0.15) is 0 Å². The zero-order valence-electron chi connectivity index (χ0n) is 18.3. The molecular formula is C25H30O6. The van der Waals surface area contributed by atoms with E-state index in [1.54, 1.807) is 12.1 Å². The number of hydrogen-bond donors (Lipinski definition) is 1. The summed E-state index contributed by atoms with van der Waals surface area (Å²) >= 11 is 0. The molecule has 0 bridgehead atoms. The van der Waals surface area contributed by atoms with Crippen LogP contribution in [0.3, 0.4) is 0 Å². The smallest absolute Gasteiger partial charge is 0.330 e. The van der Waals surface area contributed by atoms with E-state index in [0.29, 0.717) is 13.2 Å². The summed E-state index contributed by atoms with van der Waals surface area (Å²) in [6.45, 7) is 10.3. The molecule has 0 saturated carbocycles. The molecule has 1 aliphatic rings. The largest absolute Gasteiger partial charge is 0.508 e. The Morgan fingerprint density at radius 3 is 2.42 bits per heavy atom. The zero-order valence-corrected chi connectivity index (χ0v) is 18.3. The van der Waals surface area contributed by atoms with Crippen molar-refractivity contribution < 1.29 is 28.8 Å². The van der Waals surface area contributed by atoms with Crippen molar-refractivity contribution in [3.05, 3.63) is 60.7 Å². The van der Waals surface area contributed by atoms with E-state index in [0.717, 1.165) is 34.9 Å². The van der Waals surface area contributed by atoms with Crippen LogP contribution in [0, 0.1) is 5.41 Å². The highest BCUT2D eigenvalue weighted by molar-refractivity contribution is 5.81. The average Bonchev–Trinajstić information content (AvgIpc) is 2.78. The van der Waals surface area contributed by atoms with Crippen molar-refractivity contribution in [2.24, 2.45) is 5.41 Å². The Morgan fingerprint density at radius 1 is 1.13 bits per heavy atom. The summed E-state index contributed by atoms with van der Waals surface area (Å²) in [5, 5.41) is 9.54. The minimum atomic E-state index is -0.687. The second kappa shape index (κ2) is 9.54. The van der Waals surface area contributed by atoms with Gasteiger partial charge in [0.2, 0.25) is 0 Å². The molecule has 166 valence electrons. The summed E-state index contributed by atoms with van der Waals surface area (Å²) < 4.78 is 23.1. The molecule has 31 heavy (non-hydrogen) atoms. The summed E-state index contributed by atoms with van der Waals surface area (Å²) in [6.07, 6.45) is 1.97. The Balaban J connectivity index is 1.75. The number of hydrogen-bond acceptors (Lipinski definition) is 6. The number of rotatable bonds is 8. The van der Waals surface area contributed by atoms with Gasteiger partial charge in [0.25, 0.3) is 0 Å². The molecule has 1 N–H and O–H groups in total. The molecule has 0 spiro atoms. The number of phenolic OH excluding ortho intramolecular Hbond substituents is 1. The molecule has 3 rings (SSSR count). The summed E-state index contributed by atoms with van der Waals surface area (Å²) in [5.41, 5.74) is 2.64. The van der Waals surface area contributed by atoms with Gasteiger partial charge < -0.3 is 24.1 Å². The third-order valence-corrected chi connectivity index (χ3v) is 5.32. The molecule has 6 heteroatoms. The fourth-order valence-corrected chi connectivity index (χ4v) is 3.34. The SMILES string of the molecule is C=CC(=O)OCC1(COc2ccc(-c3ccc(O)cc3)c(CC)c2)COC(C)(C)OC1. The highest BCUT2D eigenvalue weighted by Gasteiger charge is 2.42. The molecule has 0 amide bonds. The first-order chi connectivity index (χ1) is 14.8. The summed E-state index contributed by atoms with van der Waals surface area (Å²) in [5.74, 6) is -0.216. The van der Waals surface area contributed by atoms with Crippen LogP contribution >= 0.6 is 0 Å². The van der Waals surface area contributed by atoms with E-state index in [-0.39, 0.29) is 19.0 Å². The Labute approximate surface area is 183 Å². The molecule has 1 saturated heterocycles. The maximum Gasteiger partial charge on any atom is 0.330 e.